The van der Waals surface area contributed by atoms with E-state index in [1.165, 1.54) is 31.4 Å². The Bertz CT molecular complexity index is 1550. The van der Waals surface area contributed by atoms with Gasteiger partial charge in [0.2, 0.25) is 11.8 Å². The molecule has 4 aromatic rings. The van der Waals surface area contributed by atoms with Crippen molar-refractivity contribution in [3.05, 3.63) is 84.3 Å². The van der Waals surface area contributed by atoms with E-state index in [1.54, 1.807) is 55.9 Å². The largest absolute Gasteiger partial charge is 0.496 e. The molecule has 0 spiro atoms. The number of benzene rings is 3. The van der Waals surface area contributed by atoms with Crippen LogP contribution in [-0.4, -0.2) is 37.2 Å². The average molecular weight is 529 g/mol. The van der Waals surface area contributed by atoms with E-state index >= 15 is 0 Å². The second-order valence-electron chi connectivity index (χ2n) is 8.96. The van der Waals surface area contributed by atoms with Crippen LogP contribution >= 0.6 is 0 Å². The third kappa shape index (κ3) is 5.49. The molecule has 1 heterocycles. The summed E-state index contributed by atoms with van der Waals surface area (Å²) in [6, 6.07) is 17.6. The van der Waals surface area contributed by atoms with Crippen molar-refractivity contribution >= 4 is 40.3 Å². The molecule has 10 heteroatoms. The highest BCUT2D eigenvalue weighted by atomic mass is 19.1. The predicted octanol–water partition coefficient (Wildman–Crippen LogP) is 5.51. The lowest BCUT2D eigenvalue weighted by atomic mass is 10.0. The summed E-state index contributed by atoms with van der Waals surface area (Å²) in [6.45, 7) is 0. The monoisotopic (exact) mass is 528 g/mol. The highest BCUT2D eigenvalue weighted by Gasteiger charge is 2.56. The van der Waals surface area contributed by atoms with Crippen LogP contribution in [0.2, 0.25) is 0 Å². The summed E-state index contributed by atoms with van der Waals surface area (Å²) in [5, 5.41) is 10.1. The SMILES string of the molecule is CO/N=C/c1cc2c(Oc3ccc(NC(=O)C4(C(=O)Nc5ccc(F)cc5)CC4)cc3)ccnc2cc1OC. The number of methoxy groups -OCH3 is 1. The molecule has 5 rings (SSSR count). The molecule has 1 aromatic heterocycles. The minimum Gasteiger partial charge on any atom is -0.496 e. The number of rotatable bonds is 9. The standard InChI is InChI=1S/C29H25FN4O5/c1-37-26-16-24-23(15-18(26)17-32-38-2)25(11-14-31-24)39-22-9-7-21(8-10-22)34-28(36)29(12-13-29)27(35)33-20-5-3-19(30)4-6-20/h3-11,14-17H,12-13H2,1-2H3,(H,33,35)(H,34,36)/b32-17+. The minimum absolute atomic E-state index is 0.393. The molecule has 3 aromatic carbocycles. The van der Waals surface area contributed by atoms with Gasteiger partial charge in [0.25, 0.3) is 0 Å². The number of hydrogen-bond acceptors (Lipinski definition) is 7. The number of aromatic nitrogens is 1. The summed E-state index contributed by atoms with van der Waals surface area (Å²) >= 11 is 0. The molecule has 0 unspecified atom stereocenters. The van der Waals surface area contributed by atoms with Gasteiger partial charge in [-0.15, -0.1) is 0 Å². The molecule has 0 bridgehead atoms. The molecule has 39 heavy (non-hydrogen) atoms. The number of anilines is 2. The van der Waals surface area contributed by atoms with Gasteiger partial charge < -0.3 is 24.9 Å². The van der Waals surface area contributed by atoms with Crippen LogP contribution in [0.4, 0.5) is 15.8 Å². The van der Waals surface area contributed by atoms with E-state index in [0.29, 0.717) is 52.5 Å². The molecule has 2 N–H and O–H groups in total. The number of nitrogens with zero attached hydrogens (tertiary/aromatic N) is 2. The number of nitrogens with one attached hydrogen (secondary N) is 2. The Morgan fingerprint density at radius 3 is 2.15 bits per heavy atom. The van der Waals surface area contributed by atoms with Crippen LogP contribution in [0.5, 0.6) is 17.2 Å². The van der Waals surface area contributed by atoms with Crippen molar-refractivity contribution in [2.45, 2.75) is 12.8 Å². The summed E-state index contributed by atoms with van der Waals surface area (Å²) in [4.78, 5) is 34.9. The highest BCUT2D eigenvalue weighted by Crippen LogP contribution is 2.47. The minimum atomic E-state index is -1.15. The lowest BCUT2D eigenvalue weighted by molar-refractivity contribution is -0.131. The zero-order valence-electron chi connectivity index (χ0n) is 21.2. The van der Waals surface area contributed by atoms with Crippen LogP contribution in [0.1, 0.15) is 18.4 Å². The van der Waals surface area contributed by atoms with Gasteiger partial charge in [0.1, 0.15) is 35.6 Å². The Morgan fingerprint density at radius 1 is 0.923 bits per heavy atom. The van der Waals surface area contributed by atoms with Gasteiger partial charge in [0.05, 0.1) is 18.8 Å². The number of carbonyl (C=O) groups excluding carboxylic acids is 2. The Balaban J connectivity index is 1.28. The molecule has 0 aliphatic heterocycles. The average Bonchev–Trinajstić information content (AvgIpc) is 3.76. The van der Waals surface area contributed by atoms with Gasteiger partial charge in [0, 0.05) is 34.6 Å². The number of amides is 2. The molecule has 0 radical (unpaired) electrons. The van der Waals surface area contributed by atoms with Crippen LogP contribution in [-0.2, 0) is 14.4 Å². The molecule has 0 saturated heterocycles. The molecular weight excluding hydrogens is 503 g/mol. The smallest absolute Gasteiger partial charge is 0.240 e. The number of hydrogen-bond donors (Lipinski definition) is 2. The number of halogens is 1. The van der Waals surface area contributed by atoms with E-state index in [2.05, 4.69) is 20.8 Å². The Morgan fingerprint density at radius 2 is 1.56 bits per heavy atom. The van der Waals surface area contributed by atoms with Crippen LogP contribution in [0, 0.1) is 11.2 Å². The van der Waals surface area contributed by atoms with E-state index in [9.17, 15) is 14.0 Å². The highest BCUT2D eigenvalue weighted by molar-refractivity contribution is 6.16. The topological polar surface area (TPSA) is 111 Å². The van der Waals surface area contributed by atoms with Gasteiger partial charge >= 0.3 is 0 Å². The zero-order valence-corrected chi connectivity index (χ0v) is 21.2. The maximum Gasteiger partial charge on any atom is 0.240 e. The van der Waals surface area contributed by atoms with Crippen molar-refractivity contribution in [3.63, 3.8) is 0 Å². The van der Waals surface area contributed by atoms with Crippen molar-refractivity contribution in [2.24, 2.45) is 10.6 Å². The first-order valence-electron chi connectivity index (χ1n) is 12.1. The maximum absolute atomic E-state index is 13.1. The molecule has 0 atom stereocenters. The number of fused-ring (bicyclic) bond motifs is 1. The number of pyridine rings is 1. The van der Waals surface area contributed by atoms with Gasteiger partial charge in [-0.2, -0.15) is 0 Å². The molecule has 1 fully saturated rings. The van der Waals surface area contributed by atoms with Gasteiger partial charge in [-0.3, -0.25) is 14.6 Å². The molecule has 9 nitrogen and oxygen atoms in total. The fourth-order valence-electron chi connectivity index (χ4n) is 4.09. The Hall–Kier alpha value is -4.99. The van der Waals surface area contributed by atoms with Crippen molar-refractivity contribution < 1.29 is 28.3 Å². The molecular formula is C29H25FN4O5. The first kappa shape index (κ1) is 25.7. The second kappa shape index (κ2) is 10.8. The van der Waals surface area contributed by atoms with E-state index < -0.39 is 23.0 Å². The van der Waals surface area contributed by atoms with E-state index in [1.807, 2.05) is 6.07 Å². The van der Waals surface area contributed by atoms with Crippen molar-refractivity contribution in [2.75, 3.05) is 24.9 Å². The summed E-state index contributed by atoms with van der Waals surface area (Å²) in [6.07, 6.45) is 4.05. The molecule has 2 amide bonds. The lowest BCUT2D eigenvalue weighted by Gasteiger charge is -2.16. The van der Waals surface area contributed by atoms with Crippen molar-refractivity contribution in [3.8, 4) is 17.2 Å². The van der Waals surface area contributed by atoms with Crippen LogP contribution in [0.3, 0.4) is 0 Å². The molecule has 198 valence electrons. The van der Waals surface area contributed by atoms with Crippen molar-refractivity contribution in [1.29, 1.82) is 0 Å². The third-order valence-corrected chi connectivity index (χ3v) is 6.41. The molecule has 1 aliphatic carbocycles. The van der Waals surface area contributed by atoms with Crippen molar-refractivity contribution in [1.82, 2.24) is 4.98 Å². The first-order valence-corrected chi connectivity index (χ1v) is 12.1. The van der Waals surface area contributed by atoms with E-state index in [0.717, 1.165) is 5.39 Å². The summed E-state index contributed by atoms with van der Waals surface area (Å²) in [5.74, 6) is 0.489. The number of carbonyl (C=O) groups is 2. The Labute approximate surface area is 223 Å². The number of oxime groups is 1. The summed E-state index contributed by atoms with van der Waals surface area (Å²) in [7, 11) is 3.02. The zero-order chi connectivity index (χ0) is 27.4. The fraction of sp³-hybridized carbons (Fsp3) is 0.172. The quantitative estimate of drug-likeness (QED) is 0.168. The molecule has 1 aliphatic rings. The van der Waals surface area contributed by atoms with Crippen LogP contribution < -0.4 is 20.1 Å². The van der Waals surface area contributed by atoms with Crippen LogP contribution in [0.25, 0.3) is 10.9 Å². The van der Waals surface area contributed by atoms with Gasteiger partial charge in [-0.1, -0.05) is 5.16 Å². The first-order chi connectivity index (χ1) is 18.9. The van der Waals surface area contributed by atoms with E-state index in [4.69, 9.17) is 14.3 Å². The fourth-order valence-corrected chi connectivity index (χ4v) is 4.09. The summed E-state index contributed by atoms with van der Waals surface area (Å²) < 4.78 is 24.7. The number of ether oxygens (including phenoxy) is 2. The maximum atomic E-state index is 13.1. The lowest BCUT2D eigenvalue weighted by Crippen LogP contribution is -2.35. The normalized spacial score (nSPS) is 13.6. The van der Waals surface area contributed by atoms with E-state index in [-0.39, 0.29) is 0 Å². The Kier molecular flexibility index (Phi) is 7.09. The van der Waals surface area contributed by atoms with Gasteiger partial charge in [-0.05, 0) is 73.5 Å². The second-order valence-corrected chi connectivity index (χ2v) is 8.96. The third-order valence-electron chi connectivity index (χ3n) is 6.41. The predicted molar refractivity (Wildman–Crippen MR) is 145 cm³/mol. The van der Waals surface area contributed by atoms with Gasteiger partial charge in [-0.25, -0.2) is 4.39 Å². The molecule has 1 saturated carbocycles. The summed E-state index contributed by atoms with van der Waals surface area (Å²) in [5.41, 5.74) is 1.18. The van der Waals surface area contributed by atoms with Gasteiger partial charge in [0.15, 0.2) is 0 Å². The van der Waals surface area contributed by atoms with Crippen LogP contribution in [0.15, 0.2) is 78.1 Å².